The predicted octanol–water partition coefficient (Wildman–Crippen LogP) is 5.72. The number of carboxylic acids is 1. The molecule has 0 saturated heterocycles. The molecule has 1 atom stereocenters. The second kappa shape index (κ2) is 18.7. The van der Waals surface area contributed by atoms with E-state index in [1.807, 2.05) is 0 Å². The van der Waals surface area contributed by atoms with Crippen LogP contribution in [0.5, 0.6) is 0 Å². The molecular weight excluding hydrogens is 338 g/mol. The number of amides is 1. The lowest BCUT2D eigenvalue weighted by atomic mass is 10.2. The number of unbranched alkanes of at least 4 members (excludes halogenated alkanes) is 4. The lowest BCUT2D eigenvalue weighted by Crippen LogP contribution is -2.38. The fourth-order valence-corrected chi connectivity index (χ4v) is 2.32. The van der Waals surface area contributed by atoms with Crippen LogP contribution in [0.25, 0.3) is 0 Å². The van der Waals surface area contributed by atoms with Gasteiger partial charge in [0.2, 0.25) is 5.91 Å². The van der Waals surface area contributed by atoms with Gasteiger partial charge in [-0.3, -0.25) is 9.59 Å². The Labute approximate surface area is 165 Å². The first-order valence-corrected chi connectivity index (χ1v) is 10.2. The van der Waals surface area contributed by atoms with Crippen molar-refractivity contribution in [3.8, 4) is 0 Å². The van der Waals surface area contributed by atoms with Crippen LogP contribution in [0.1, 0.15) is 78.1 Å². The molecule has 0 aromatic carbocycles. The first kappa shape index (κ1) is 24.9. The minimum atomic E-state index is -1.01. The Morgan fingerprint density at radius 1 is 0.815 bits per heavy atom. The van der Waals surface area contributed by atoms with Crippen molar-refractivity contribution < 1.29 is 14.7 Å². The highest BCUT2D eigenvalue weighted by Crippen LogP contribution is 2.01. The summed E-state index contributed by atoms with van der Waals surface area (Å²) in [6.07, 6.45) is 27.2. The summed E-state index contributed by atoms with van der Waals surface area (Å²) in [5.41, 5.74) is 0. The van der Waals surface area contributed by atoms with Gasteiger partial charge in [0.05, 0.1) is 0 Å². The van der Waals surface area contributed by atoms with Gasteiger partial charge in [-0.25, -0.2) is 0 Å². The average Bonchev–Trinajstić information content (AvgIpc) is 2.64. The maximum absolute atomic E-state index is 11.5. The van der Waals surface area contributed by atoms with Gasteiger partial charge in [0.25, 0.3) is 0 Å². The Hall–Kier alpha value is -2.10. The van der Waals surface area contributed by atoms with Crippen molar-refractivity contribution in [2.75, 3.05) is 0 Å². The second-order valence-corrected chi connectivity index (χ2v) is 6.61. The van der Waals surface area contributed by atoms with Gasteiger partial charge in [-0.15, -0.1) is 0 Å². The zero-order valence-corrected chi connectivity index (χ0v) is 17.0. The molecule has 4 heteroatoms. The molecule has 0 aromatic rings. The van der Waals surface area contributed by atoms with Crippen molar-refractivity contribution in [3.63, 3.8) is 0 Å². The second-order valence-electron chi connectivity index (χ2n) is 6.61. The summed E-state index contributed by atoms with van der Waals surface area (Å²) in [6.45, 7) is 3.69. The van der Waals surface area contributed by atoms with E-state index in [1.165, 1.54) is 32.6 Å². The molecule has 1 amide bonds. The van der Waals surface area contributed by atoms with Gasteiger partial charge in [0.15, 0.2) is 0 Å². The molecule has 0 rings (SSSR count). The van der Waals surface area contributed by atoms with Crippen LogP contribution in [-0.2, 0) is 9.59 Å². The van der Waals surface area contributed by atoms with Crippen molar-refractivity contribution in [1.82, 2.24) is 5.32 Å². The lowest BCUT2D eigenvalue weighted by molar-refractivity contribution is -0.141. The summed E-state index contributed by atoms with van der Waals surface area (Å²) in [5, 5.41) is 11.2. The largest absolute Gasteiger partial charge is 0.480 e. The number of carbonyl (C=O) groups excluding carboxylic acids is 1. The van der Waals surface area contributed by atoms with E-state index in [0.717, 1.165) is 32.1 Å². The number of nitrogens with one attached hydrogen (secondary N) is 1. The molecule has 0 aromatic heterocycles. The molecular formula is C23H37NO3. The van der Waals surface area contributed by atoms with Gasteiger partial charge >= 0.3 is 5.97 Å². The molecule has 0 fully saturated rings. The van der Waals surface area contributed by atoms with E-state index in [9.17, 15) is 9.59 Å². The molecule has 0 aliphatic rings. The zero-order chi connectivity index (χ0) is 20.2. The van der Waals surface area contributed by atoms with Gasteiger partial charge in [0.1, 0.15) is 6.04 Å². The molecule has 0 heterocycles. The van der Waals surface area contributed by atoms with Crippen molar-refractivity contribution in [1.29, 1.82) is 0 Å². The fourth-order valence-electron chi connectivity index (χ4n) is 2.32. The Morgan fingerprint density at radius 3 is 1.78 bits per heavy atom. The van der Waals surface area contributed by atoms with Crippen molar-refractivity contribution in [3.05, 3.63) is 48.6 Å². The van der Waals surface area contributed by atoms with E-state index in [2.05, 4.69) is 60.8 Å². The topological polar surface area (TPSA) is 66.4 Å². The number of carboxylic acid groups (broad SMARTS) is 1. The first-order chi connectivity index (χ1) is 13.1. The maximum atomic E-state index is 11.5. The minimum absolute atomic E-state index is 0.208. The quantitative estimate of drug-likeness (QED) is 0.268. The van der Waals surface area contributed by atoms with Crippen LogP contribution in [0.15, 0.2) is 48.6 Å². The summed E-state index contributed by atoms with van der Waals surface area (Å²) in [4.78, 5) is 22.1. The van der Waals surface area contributed by atoms with Crippen LogP contribution in [0.4, 0.5) is 0 Å². The number of rotatable bonds is 16. The zero-order valence-electron chi connectivity index (χ0n) is 17.0. The molecule has 0 aliphatic carbocycles. The maximum Gasteiger partial charge on any atom is 0.325 e. The molecule has 0 bridgehead atoms. The van der Waals surface area contributed by atoms with E-state index in [4.69, 9.17) is 5.11 Å². The highest BCUT2D eigenvalue weighted by molar-refractivity contribution is 5.83. The third-order valence-corrected chi connectivity index (χ3v) is 3.98. The summed E-state index contributed by atoms with van der Waals surface area (Å²) >= 11 is 0. The standard InChI is InChI=1S/C23H37NO3/c1-3-4-5-6-7-8-9-10-11-12-13-14-15-16-17-18-19-20-22(25)24-21(2)23(26)27/h7-8,10-11,13-14,16-17,21H,3-6,9,12,15,18-20H2,1-2H3,(H,24,25)(H,26,27)/b8-7+,11-10+,14-13+,17-16+. The van der Waals surface area contributed by atoms with E-state index in [1.54, 1.807) is 0 Å². The highest BCUT2D eigenvalue weighted by atomic mass is 16.4. The van der Waals surface area contributed by atoms with E-state index < -0.39 is 12.0 Å². The molecule has 4 nitrogen and oxygen atoms in total. The molecule has 27 heavy (non-hydrogen) atoms. The Balaban J connectivity index is 3.56. The summed E-state index contributed by atoms with van der Waals surface area (Å²) in [7, 11) is 0. The molecule has 0 spiro atoms. The summed E-state index contributed by atoms with van der Waals surface area (Å²) in [6, 6.07) is -0.825. The third-order valence-electron chi connectivity index (χ3n) is 3.98. The lowest BCUT2D eigenvalue weighted by Gasteiger charge is -2.08. The van der Waals surface area contributed by atoms with Crippen LogP contribution in [0.2, 0.25) is 0 Å². The molecule has 2 N–H and O–H groups in total. The average molecular weight is 376 g/mol. The first-order valence-electron chi connectivity index (χ1n) is 10.2. The summed E-state index contributed by atoms with van der Waals surface area (Å²) in [5.74, 6) is -1.22. The molecule has 0 radical (unpaired) electrons. The van der Waals surface area contributed by atoms with Gasteiger partial charge < -0.3 is 10.4 Å². The third kappa shape index (κ3) is 18.5. The Bertz CT molecular complexity index is 504. The van der Waals surface area contributed by atoms with Crippen LogP contribution in [0.3, 0.4) is 0 Å². The van der Waals surface area contributed by atoms with Gasteiger partial charge in [0, 0.05) is 6.42 Å². The SMILES string of the molecule is CCCCC/C=C/C/C=C/C/C=C/C/C=C/CCCC(=O)NC(C)C(=O)O. The van der Waals surface area contributed by atoms with Crippen molar-refractivity contribution in [2.45, 2.75) is 84.1 Å². The number of hydrogen-bond acceptors (Lipinski definition) is 2. The van der Waals surface area contributed by atoms with E-state index in [-0.39, 0.29) is 5.91 Å². The molecule has 0 aliphatic heterocycles. The van der Waals surface area contributed by atoms with Crippen molar-refractivity contribution >= 4 is 11.9 Å². The normalized spacial score (nSPS) is 13.3. The van der Waals surface area contributed by atoms with Crippen LogP contribution in [-0.4, -0.2) is 23.0 Å². The molecule has 152 valence electrons. The van der Waals surface area contributed by atoms with Gasteiger partial charge in [-0.2, -0.15) is 0 Å². The highest BCUT2D eigenvalue weighted by Gasteiger charge is 2.12. The monoisotopic (exact) mass is 375 g/mol. The number of hydrogen-bond donors (Lipinski definition) is 2. The van der Waals surface area contributed by atoms with Crippen LogP contribution in [0, 0.1) is 0 Å². The smallest absolute Gasteiger partial charge is 0.325 e. The van der Waals surface area contributed by atoms with Crippen LogP contribution < -0.4 is 5.32 Å². The van der Waals surface area contributed by atoms with Gasteiger partial charge in [-0.1, -0.05) is 68.4 Å². The van der Waals surface area contributed by atoms with Crippen LogP contribution >= 0.6 is 0 Å². The Morgan fingerprint density at radius 2 is 1.30 bits per heavy atom. The minimum Gasteiger partial charge on any atom is -0.480 e. The molecule has 1 unspecified atom stereocenters. The van der Waals surface area contributed by atoms with E-state index >= 15 is 0 Å². The number of carbonyl (C=O) groups is 2. The van der Waals surface area contributed by atoms with E-state index in [0.29, 0.717) is 6.42 Å². The number of aliphatic carboxylic acids is 1. The van der Waals surface area contributed by atoms with Gasteiger partial charge in [-0.05, 0) is 51.9 Å². The van der Waals surface area contributed by atoms with Crippen molar-refractivity contribution in [2.24, 2.45) is 0 Å². The Kier molecular flexibility index (Phi) is 17.2. The number of allylic oxidation sites excluding steroid dienone is 8. The predicted molar refractivity (Wildman–Crippen MR) is 114 cm³/mol. The summed E-state index contributed by atoms with van der Waals surface area (Å²) < 4.78 is 0. The molecule has 0 saturated carbocycles. The fraction of sp³-hybridized carbons (Fsp3) is 0.565.